The molecule has 0 spiro atoms. The van der Waals surface area contributed by atoms with E-state index < -0.39 is 10.1 Å². The van der Waals surface area contributed by atoms with Crippen molar-refractivity contribution in [3.8, 4) is 0 Å². The molecule has 0 aliphatic heterocycles. The van der Waals surface area contributed by atoms with Gasteiger partial charge in [0, 0.05) is 63.3 Å². The van der Waals surface area contributed by atoms with Gasteiger partial charge in [0.1, 0.15) is 10.1 Å². The molecule has 0 heterocycles. The molecule has 5 rings (SSSR count). The Morgan fingerprint density at radius 2 is 1.02 bits per heavy atom. The maximum atomic E-state index is 11.6. The molecule has 0 amide bonds. The molecule has 0 N–H and O–H groups in total. The molecule has 6 nitrogen and oxygen atoms in total. The largest absolute Gasteiger partial charge is 1.00 e. The van der Waals surface area contributed by atoms with E-state index in [-0.39, 0.29) is 40.4 Å². The van der Waals surface area contributed by atoms with Crippen LogP contribution >= 0.6 is 0 Å². The van der Waals surface area contributed by atoms with Crippen LogP contribution in [0.25, 0.3) is 0 Å². The third-order valence-corrected chi connectivity index (χ3v) is 9.54. The summed E-state index contributed by atoms with van der Waals surface area (Å²) >= 11 is 0. The summed E-state index contributed by atoms with van der Waals surface area (Å²) in [7, 11) is -0.405. The molecule has 1 atom stereocenters. The van der Waals surface area contributed by atoms with Crippen LogP contribution in [0.3, 0.4) is 0 Å². The predicted octanol–water partition coefficient (Wildman–Crippen LogP) is 5.20. The van der Waals surface area contributed by atoms with Crippen molar-refractivity contribution in [1.29, 1.82) is 0 Å². The fraction of sp³-hybridized carbons (Fsp3) is 0.250. The molecular weight excluding hydrogens is 626 g/mol. The van der Waals surface area contributed by atoms with Crippen molar-refractivity contribution in [3.63, 3.8) is 0 Å². The predicted molar refractivity (Wildman–Crippen MR) is 194 cm³/mol. The monoisotopic (exact) mass is 669 g/mol. The number of nitrogens with zero attached hydrogens (tertiary/aromatic N) is 3. The minimum atomic E-state index is -4.51. The summed E-state index contributed by atoms with van der Waals surface area (Å²) in [6.07, 6.45) is 0. The molecule has 1 unspecified atom stereocenters. The topological polar surface area (TPSA) is 66.9 Å². The number of rotatable bonds is 13. The number of aryl methyl sites for hydroxylation is 1. The van der Waals surface area contributed by atoms with Crippen LogP contribution in [0.2, 0.25) is 0 Å². The zero-order valence-corrected chi connectivity index (χ0v) is 31.7. The molecule has 5 aromatic rings. The van der Waals surface area contributed by atoms with Gasteiger partial charge in [0.15, 0.2) is 0 Å². The van der Waals surface area contributed by atoms with Crippen LogP contribution < -0.4 is 44.3 Å². The Kier molecular flexibility index (Phi) is 12.9. The molecule has 0 aromatic heterocycles. The van der Waals surface area contributed by atoms with Crippen molar-refractivity contribution in [2.75, 3.05) is 41.9 Å². The van der Waals surface area contributed by atoms with E-state index in [2.05, 4.69) is 147 Å². The molecule has 0 saturated carbocycles. The van der Waals surface area contributed by atoms with Gasteiger partial charge in [-0.05, 0) is 97.1 Å². The molecule has 0 radical (unpaired) electrons. The minimum absolute atomic E-state index is 0. The number of benzene rings is 5. The van der Waals surface area contributed by atoms with Gasteiger partial charge in [-0.15, -0.1) is 0 Å². The Balaban J connectivity index is 0.00000520. The Labute approximate surface area is 309 Å². The van der Waals surface area contributed by atoms with Gasteiger partial charge in [0.2, 0.25) is 0 Å². The Morgan fingerprint density at radius 3 is 1.42 bits per heavy atom. The second-order valence-electron chi connectivity index (χ2n) is 12.2. The Morgan fingerprint density at radius 1 is 0.604 bits per heavy atom. The van der Waals surface area contributed by atoms with Crippen LogP contribution in [0.4, 0.5) is 17.1 Å². The van der Waals surface area contributed by atoms with Gasteiger partial charge >= 0.3 is 29.6 Å². The third kappa shape index (κ3) is 9.30. The normalized spacial score (nSPS) is 11.8. The second kappa shape index (κ2) is 16.7. The van der Waals surface area contributed by atoms with Crippen molar-refractivity contribution in [2.45, 2.75) is 44.7 Å². The Bertz CT molecular complexity index is 1880. The molecule has 48 heavy (non-hydrogen) atoms. The fourth-order valence-corrected chi connectivity index (χ4v) is 6.66. The quantitative estimate of drug-likeness (QED) is 0.0976. The van der Waals surface area contributed by atoms with Gasteiger partial charge < -0.3 is 19.3 Å². The van der Waals surface area contributed by atoms with Gasteiger partial charge in [-0.2, -0.15) is 0 Å². The smallest absolute Gasteiger partial charge is 0.744 e. The summed E-state index contributed by atoms with van der Waals surface area (Å²) in [6, 6.07) is 41.4. The molecule has 244 valence electrons. The molecule has 0 bridgehead atoms. The number of hydrogen-bond donors (Lipinski definition) is 0. The molecule has 8 heteroatoms. The molecule has 0 aliphatic rings. The molecule has 0 fully saturated rings. The summed E-state index contributed by atoms with van der Waals surface area (Å²) < 4.78 is 34.7. The zero-order valence-electron chi connectivity index (χ0n) is 28.9. The van der Waals surface area contributed by atoms with Gasteiger partial charge in [-0.1, -0.05) is 78.4 Å². The summed E-state index contributed by atoms with van der Waals surface area (Å²) in [5, 5.41) is 0. The van der Waals surface area contributed by atoms with Crippen molar-refractivity contribution >= 4 is 27.2 Å². The van der Waals surface area contributed by atoms with E-state index >= 15 is 0 Å². The summed E-state index contributed by atoms with van der Waals surface area (Å²) in [5.74, 6) is 0.0372. The first-order valence-corrected chi connectivity index (χ1v) is 17.5. The minimum Gasteiger partial charge on any atom is -0.744 e. The van der Waals surface area contributed by atoms with Crippen molar-refractivity contribution in [2.24, 2.45) is 0 Å². The first kappa shape index (κ1) is 37.2. The Hall–Kier alpha value is -3.59. The standard InChI is InChI=1S/C40H45N3O3S.Na/c1-6-42(28-31-11-8-10-30(3)26-31)37-22-16-34(17-23-37)40(33-14-20-36(21-15-33)41(4)5)35-18-24-38(25-19-35)43(7-2)29-32-12-9-13-39(27-32)47(44,45)46;/h8-27,40H,6-7,28-29H2,1-5H3,(H,44,45,46);/q;+1/p-1. The first-order chi connectivity index (χ1) is 22.5. The average molecular weight is 670 g/mol. The van der Waals surface area contributed by atoms with E-state index in [0.717, 1.165) is 36.6 Å². The van der Waals surface area contributed by atoms with Gasteiger partial charge in [-0.3, -0.25) is 0 Å². The van der Waals surface area contributed by atoms with Gasteiger partial charge in [-0.25, -0.2) is 8.42 Å². The van der Waals surface area contributed by atoms with Crippen molar-refractivity contribution in [1.82, 2.24) is 0 Å². The van der Waals surface area contributed by atoms with Crippen LogP contribution in [-0.2, 0) is 23.2 Å². The summed E-state index contributed by atoms with van der Waals surface area (Å²) in [4.78, 5) is 6.48. The summed E-state index contributed by atoms with van der Waals surface area (Å²) in [5.41, 5.74) is 10.3. The van der Waals surface area contributed by atoms with E-state index in [1.165, 1.54) is 45.6 Å². The first-order valence-electron chi connectivity index (χ1n) is 16.1. The van der Waals surface area contributed by atoms with Crippen molar-refractivity contribution in [3.05, 3.63) is 155 Å². The van der Waals surface area contributed by atoms with E-state index in [9.17, 15) is 13.0 Å². The average Bonchev–Trinajstić information content (AvgIpc) is 3.07. The molecule has 0 saturated heterocycles. The second-order valence-corrected chi connectivity index (χ2v) is 13.6. The van der Waals surface area contributed by atoms with E-state index in [4.69, 9.17) is 0 Å². The number of hydrogen-bond acceptors (Lipinski definition) is 6. The van der Waals surface area contributed by atoms with Crippen LogP contribution in [-0.4, -0.2) is 40.2 Å². The van der Waals surface area contributed by atoms with Crippen LogP contribution in [0, 0.1) is 6.92 Å². The van der Waals surface area contributed by atoms with Gasteiger partial charge in [0.25, 0.3) is 0 Å². The van der Waals surface area contributed by atoms with Crippen molar-refractivity contribution < 1.29 is 42.5 Å². The maximum absolute atomic E-state index is 11.6. The summed E-state index contributed by atoms with van der Waals surface area (Å²) in [6.45, 7) is 9.39. The maximum Gasteiger partial charge on any atom is 1.00 e. The third-order valence-electron chi connectivity index (χ3n) is 8.71. The van der Waals surface area contributed by atoms with Crippen LogP contribution in [0.15, 0.2) is 126 Å². The molecule has 5 aromatic carbocycles. The van der Waals surface area contributed by atoms with Crippen LogP contribution in [0.1, 0.15) is 53.1 Å². The van der Waals surface area contributed by atoms with Gasteiger partial charge in [0.05, 0.1) is 4.90 Å². The van der Waals surface area contributed by atoms with Crippen LogP contribution in [0.5, 0.6) is 0 Å². The van der Waals surface area contributed by atoms with E-state index in [1.807, 2.05) is 6.07 Å². The number of anilines is 3. The zero-order chi connectivity index (χ0) is 33.6. The van der Waals surface area contributed by atoms with E-state index in [1.54, 1.807) is 6.07 Å². The fourth-order valence-electron chi connectivity index (χ4n) is 6.12. The molecule has 0 aliphatic carbocycles. The SMILES string of the molecule is CCN(Cc1cccc(C)c1)c1ccc(C(c2ccc(N(C)C)cc2)c2ccc(N(CC)Cc3cccc(S(=O)(=O)[O-])c3)cc2)cc1.[Na+]. The van der Waals surface area contributed by atoms with E-state index in [0.29, 0.717) is 6.54 Å². The molecular formula is C40H44N3NaO3S.